The minimum absolute atomic E-state index is 0.111. The van der Waals surface area contributed by atoms with E-state index in [1.165, 1.54) is 10.5 Å². The molecule has 28 heavy (non-hydrogen) atoms. The number of aromatic nitrogens is 1. The SMILES string of the molecule is CS(=O)(=O)N(CCOc1ccc(C=C2NC(=O)SC2=O)cc1)c1ccccn1. The Kier molecular flexibility index (Phi) is 6.00. The Bertz CT molecular complexity index is 1010. The van der Waals surface area contributed by atoms with Crippen LogP contribution in [0, 0.1) is 0 Å². The maximum absolute atomic E-state index is 12.0. The fourth-order valence-corrected chi connectivity index (χ4v) is 3.85. The van der Waals surface area contributed by atoms with Gasteiger partial charge >= 0.3 is 0 Å². The third-order valence-corrected chi connectivity index (χ3v) is 5.56. The van der Waals surface area contributed by atoms with Gasteiger partial charge in [0.05, 0.1) is 18.5 Å². The monoisotopic (exact) mass is 419 g/mol. The number of ether oxygens (including phenoxy) is 1. The van der Waals surface area contributed by atoms with E-state index in [1.807, 2.05) is 0 Å². The van der Waals surface area contributed by atoms with Crippen LogP contribution in [0.25, 0.3) is 6.08 Å². The van der Waals surface area contributed by atoms with E-state index in [-0.39, 0.29) is 29.2 Å². The van der Waals surface area contributed by atoms with Gasteiger partial charge in [0.2, 0.25) is 15.1 Å². The highest BCUT2D eigenvalue weighted by molar-refractivity contribution is 8.27. The van der Waals surface area contributed by atoms with E-state index in [0.717, 1.165) is 11.8 Å². The largest absolute Gasteiger partial charge is 0.492 e. The molecular weight excluding hydrogens is 402 g/mol. The Labute approximate surface area is 166 Å². The predicted molar refractivity (Wildman–Crippen MR) is 107 cm³/mol. The Morgan fingerprint density at radius 1 is 1.18 bits per heavy atom. The van der Waals surface area contributed by atoms with Crippen LogP contribution in [0.15, 0.2) is 54.4 Å². The lowest BCUT2D eigenvalue weighted by Gasteiger charge is -2.21. The average Bonchev–Trinajstić information content (AvgIpc) is 2.97. The summed E-state index contributed by atoms with van der Waals surface area (Å²) in [5.41, 5.74) is 0.965. The van der Waals surface area contributed by atoms with Crippen molar-refractivity contribution in [1.29, 1.82) is 0 Å². The molecule has 1 fully saturated rings. The first kappa shape index (κ1) is 19.9. The molecule has 2 heterocycles. The fraction of sp³-hybridized carbons (Fsp3) is 0.167. The zero-order valence-corrected chi connectivity index (χ0v) is 16.5. The first-order chi connectivity index (χ1) is 13.3. The second-order valence-electron chi connectivity index (χ2n) is 5.80. The van der Waals surface area contributed by atoms with Crippen molar-refractivity contribution >= 4 is 44.0 Å². The third-order valence-electron chi connectivity index (χ3n) is 3.70. The van der Waals surface area contributed by atoms with Crippen molar-refractivity contribution in [3.63, 3.8) is 0 Å². The van der Waals surface area contributed by atoms with E-state index in [0.29, 0.717) is 23.3 Å². The van der Waals surface area contributed by atoms with Gasteiger partial charge in [-0.15, -0.1) is 0 Å². The van der Waals surface area contributed by atoms with Gasteiger partial charge in [0.15, 0.2) is 0 Å². The van der Waals surface area contributed by atoms with E-state index in [4.69, 9.17) is 4.74 Å². The molecule has 1 amide bonds. The second-order valence-corrected chi connectivity index (χ2v) is 8.65. The van der Waals surface area contributed by atoms with E-state index < -0.39 is 10.0 Å². The molecule has 1 N–H and O–H groups in total. The van der Waals surface area contributed by atoms with E-state index >= 15 is 0 Å². The highest BCUT2D eigenvalue weighted by Gasteiger charge is 2.25. The molecule has 0 atom stereocenters. The third kappa shape index (κ3) is 5.11. The van der Waals surface area contributed by atoms with Crippen LogP contribution in [0.2, 0.25) is 0 Å². The van der Waals surface area contributed by atoms with Gasteiger partial charge in [0, 0.05) is 18.0 Å². The number of anilines is 1. The number of nitrogens with one attached hydrogen (secondary N) is 1. The standard InChI is InChI=1S/C18H17N3O5S2/c1-28(24,25)21(16-4-2-3-9-19-16)10-11-26-14-7-5-13(6-8-14)12-15-17(22)27-18(23)20-15/h2-9,12H,10-11H2,1H3,(H,20,23). The topological polar surface area (TPSA) is 106 Å². The molecule has 10 heteroatoms. The highest BCUT2D eigenvalue weighted by Crippen LogP contribution is 2.22. The maximum Gasteiger partial charge on any atom is 0.291 e. The molecule has 146 valence electrons. The summed E-state index contributed by atoms with van der Waals surface area (Å²) >= 11 is 0.624. The molecule has 0 saturated carbocycles. The Balaban J connectivity index is 1.61. The Morgan fingerprint density at radius 3 is 2.50 bits per heavy atom. The molecule has 1 saturated heterocycles. The molecule has 8 nitrogen and oxygen atoms in total. The summed E-state index contributed by atoms with van der Waals surface area (Å²) in [5.74, 6) is 0.879. The first-order valence-electron chi connectivity index (χ1n) is 8.19. The minimum Gasteiger partial charge on any atom is -0.492 e. The number of thioether (sulfide) groups is 1. The van der Waals surface area contributed by atoms with Crippen LogP contribution in [0.4, 0.5) is 10.6 Å². The molecule has 3 rings (SSSR count). The van der Waals surface area contributed by atoms with Crippen molar-refractivity contribution in [3.05, 3.63) is 59.9 Å². The predicted octanol–water partition coefficient (Wildman–Crippen LogP) is 2.25. The lowest BCUT2D eigenvalue weighted by Crippen LogP contribution is -2.34. The number of carbonyl (C=O) groups excluding carboxylic acids is 2. The first-order valence-corrected chi connectivity index (χ1v) is 10.9. The zero-order chi connectivity index (χ0) is 20.1. The summed E-state index contributed by atoms with van der Waals surface area (Å²) < 4.78 is 30.8. The van der Waals surface area contributed by atoms with Crippen molar-refractivity contribution in [2.24, 2.45) is 0 Å². The van der Waals surface area contributed by atoms with Crippen molar-refractivity contribution < 1.29 is 22.7 Å². The number of benzene rings is 1. The Morgan fingerprint density at radius 2 is 1.93 bits per heavy atom. The quantitative estimate of drug-likeness (QED) is 0.686. The summed E-state index contributed by atoms with van der Waals surface area (Å²) in [7, 11) is -3.49. The maximum atomic E-state index is 12.0. The summed E-state index contributed by atoms with van der Waals surface area (Å²) in [6, 6.07) is 11.9. The summed E-state index contributed by atoms with van der Waals surface area (Å²) in [6.45, 7) is 0.245. The minimum atomic E-state index is -3.49. The highest BCUT2D eigenvalue weighted by atomic mass is 32.2. The van der Waals surface area contributed by atoms with Gasteiger partial charge in [0.1, 0.15) is 18.2 Å². The Hall–Kier alpha value is -2.85. The van der Waals surface area contributed by atoms with Crippen LogP contribution in [0.5, 0.6) is 5.75 Å². The molecule has 0 bridgehead atoms. The molecule has 0 aliphatic carbocycles. The van der Waals surface area contributed by atoms with E-state index in [2.05, 4.69) is 10.3 Å². The number of hydrogen-bond donors (Lipinski definition) is 1. The molecule has 2 aromatic rings. The number of carbonyl (C=O) groups is 2. The lowest BCUT2D eigenvalue weighted by atomic mass is 10.2. The number of sulfonamides is 1. The van der Waals surface area contributed by atoms with Crippen LogP contribution in [0.1, 0.15) is 5.56 Å². The molecule has 1 aromatic heterocycles. The normalized spacial score (nSPS) is 15.5. The van der Waals surface area contributed by atoms with E-state index in [9.17, 15) is 18.0 Å². The van der Waals surface area contributed by atoms with Crippen LogP contribution >= 0.6 is 11.8 Å². The number of nitrogens with zero attached hydrogens (tertiary/aromatic N) is 2. The number of amides is 1. The number of hydrogen-bond acceptors (Lipinski definition) is 7. The van der Waals surface area contributed by atoms with Gasteiger partial charge in [-0.25, -0.2) is 13.4 Å². The van der Waals surface area contributed by atoms with Gasteiger partial charge in [-0.2, -0.15) is 0 Å². The zero-order valence-electron chi connectivity index (χ0n) is 14.9. The fourth-order valence-electron chi connectivity index (χ4n) is 2.45. The molecule has 1 aliphatic rings. The van der Waals surface area contributed by atoms with Crippen LogP contribution in [-0.2, 0) is 14.8 Å². The molecule has 0 unspecified atom stereocenters. The number of pyridine rings is 1. The van der Waals surface area contributed by atoms with Gasteiger partial charge in [0.25, 0.3) is 5.24 Å². The molecular formula is C18H17N3O5S2. The van der Waals surface area contributed by atoms with Crippen molar-refractivity contribution in [2.75, 3.05) is 23.7 Å². The smallest absolute Gasteiger partial charge is 0.291 e. The summed E-state index contributed by atoms with van der Waals surface area (Å²) in [5, 5.41) is 1.77. The van der Waals surface area contributed by atoms with Gasteiger partial charge in [-0.05, 0) is 35.9 Å². The molecule has 1 aromatic carbocycles. The van der Waals surface area contributed by atoms with Crippen LogP contribution < -0.4 is 14.4 Å². The van der Waals surface area contributed by atoms with Crippen molar-refractivity contribution in [1.82, 2.24) is 10.3 Å². The van der Waals surface area contributed by atoms with Crippen molar-refractivity contribution in [3.8, 4) is 5.75 Å². The van der Waals surface area contributed by atoms with Gasteiger partial charge in [-0.3, -0.25) is 13.9 Å². The molecule has 0 spiro atoms. The molecule has 1 aliphatic heterocycles. The summed E-state index contributed by atoms with van der Waals surface area (Å²) in [4.78, 5) is 26.8. The van der Waals surface area contributed by atoms with Gasteiger partial charge in [-0.1, -0.05) is 18.2 Å². The second kappa shape index (κ2) is 8.44. The van der Waals surface area contributed by atoms with Gasteiger partial charge < -0.3 is 10.1 Å². The van der Waals surface area contributed by atoms with Crippen molar-refractivity contribution in [2.45, 2.75) is 0 Å². The van der Waals surface area contributed by atoms with E-state index in [1.54, 1.807) is 48.5 Å². The van der Waals surface area contributed by atoms with Crippen LogP contribution in [0.3, 0.4) is 0 Å². The molecule has 0 radical (unpaired) electrons. The summed E-state index contributed by atoms with van der Waals surface area (Å²) in [6.07, 6.45) is 4.22. The number of rotatable bonds is 7. The average molecular weight is 419 g/mol. The lowest BCUT2D eigenvalue weighted by molar-refractivity contribution is -0.107. The van der Waals surface area contributed by atoms with Crippen LogP contribution in [-0.4, -0.2) is 43.2 Å².